The van der Waals surface area contributed by atoms with Crippen LogP contribution in [0.5, 0.6) is 0 Å². The second-order valence-corrected chi connectivity index (χ2v) is 3.81. The molecule has 0 aliphatic heterocycles. The van der Waals surface area contributed by atoms with Crippen LogP contribution in [0.25, 0.3) is 0 Å². The number of carboxylic acids is 1. The summed E-state index contributed by atoms with van der Waals surface area (Å²) in [6, 6.07) is 6.08. The largest absolute Gasteiger partial charge is 0.478 e. The second-order valence-electron chi connectivity index (χ2n) is 3.81. The minimum atomic E-state index is -0.965. The maximum atomic E-state index is 11.4. The van der Waals surface area contributed by atoms with Crippen LogP contribution in [0.3, 0.4) is 0 Å². The van der Waals surface area contributed by atoms with Crippen LogP contribution >= 0.6 is 0 Å². The van der Waals surface area contributed by atoms with Gasteiger partial charge in [-0.1, -0.05) is 12.1 Å². The monoisotopic (exact) mass is 266 g/mol. The number of carbonyl (C=O) groups excluding carboxylic acids is 1. The van der Waals surface area contributed by atoms with Crippen molar-refractivity contribution in [3.8, 4) is 0 Å². The Hall–Kier alpha value is -2.08. The maximum absolute atomic E-state index is 11.4. The quantitative estimate of drug-likeness (QED) is 0.647. The zero-order valence-electron chi connectivity index (χ0n) is 10.8. The smallest absolute Gasteiger partial charge is 0.335 e. The Balaban J connectivity index is 2.28. The zero-order valence-corrected chi connectivity index (χ0v) is 10.8. The fourth-order valence-corrected chi connectivity index (χ4v) is 1.39. The molecular formula is C13H18N2O4. The van der Waals surface area contributed by atoms with Crippen molar-refractivity contribution in [2.45, 2.75) is 13.5 Å². The number of benzene rings is 1. The molecule has 0 saturated heterocycles. The lowest BCUT2D eigenvalue weighted by molar-refractivity contribution is 0.0697. The first-order valence-electron chi connectivity index (χ1n) is 6.05. The van der Waals surface area contributed by atoms with E-state index in [1.807, 2.05) is 6.92 Å². The van der Waals surface area contributed by atoms with Gasteiger partial charge >= 0.3 is 12.0 Å². The Morgan fingerprint density at radius 2 is 1.89 bits per heavy atom. The summed E-state index contributed by atoms with van der Waals surface area (Å²) < 4.78 is 5.08. The number of carboxylic acid groups (broad SMARTS) is 1. The summed E-state index contributed by atoms with van der Waals surface area (Å²) >= 11 is 0. The number of aromatic carboxylic acids is 1. The summed E-state index contributed by atoms with van der Waals surface area (Å²) in [6.45, 7) is 3.80. The number of carbonyl (C=O) groups is 2. The molecule has 0 aliphatic rings. The molecule has 0 heterocycles. The molecule has 0 unspecified atom stereocenters. The van der Waals surface area contributed by atoms with Gasteiger partial charge < -0.3 is 20.5 Å². The van der Waals surface area contributed by atoms with E-state index in [2.05, 4.69) is 10.6 Å². The standard InChI is InChI=1S/C13H18N2O4/c1-2-19-8-7-14-13(18)15-9-10-3-5-11(6-4-10)12(16)17/h3-6H,2,7-9H2,1H3,(H,16,17)(H2,14,15,18). The summed E-state index contributed by atoms with van der Waals surface area (Å²) in [4.78, 5) is 22.0. The molecule has 0 aromatic heterocycles. The van der Waals surface area contributed by atoms with Crippen molar-refractivity contribution in [2.75, 3.05) is 19.8 Å². The predicted molar refractivity (Wildman–Crippen MR) is 70.1 cm³/mol. The van der Waals surface area contributed by atoms with E-state index >= 15 is 0 Å². The van der Waals surface area contributed by atoms with Gasteiger partial charge in [0.25, 0.3) is 0 Å². The van der Waals surface area contributed by atoms with Crippen molar-refractivity contribution >= 4 is 12.0 Å². The average molecular weight is 266 g/mol. The minimum Gasteiger partial charge on any atom is -0.478 e. The molecule has 0 bridgehead atoms. The summed E-state index contributed by atoms with van der Waals surface area (Å²) in [7, 11) is 0. The van der Waals surface area contributed by atoms with Crippen LogP contribution in [-0.2, 0) is 11.3 Å². The Morgan fingerprint density at radius 3 is 2.47 bits per heavy atom. The third-order valence-corrected chi connectivity index (χ3v) is 2.39. The number of amides is 2. The number of urea groups is 1. The molecule has 1 aromatic rings. The Labute approximate surface area is 111 Å². The van der Waals surface area contributed by atoms with Crippen LogP contribution in [0.4, 0.5) is 4.79 Å². The van der Waals surface area contributed by atoms with Crippen LogP contribution in [0.2, 0.25) is 0 Å². The van der Waals surface area contributed by atoms with Crippen LogP contribution in [0.1, 0.15) is 22.8 Å². The molecule has 0 atom stereocenters. The minimum absolute atomic E-state index is 0.227. The Kier molecular flexibility index (Phi) is 6.38. The highest BCUT2D eigenvalue weighted by atomic mass is 16.5. The van der Waals surface area contributed by atoms with E-state index in [-0.39, 0.29) is 11.6 Å². The summed E-state index contributed by atoms with van der Waals surface area (Å²) in [5.74, 6) is -0.965. The van der Waals surface area contributed by atoms with Crippen molar-refractivity contribution in [1.29, 1.82) is 0 Å². The first-order chi connectivity index (χ1) is 9.13. The van der Waals surface area contributed by atoms with Gasteiger partial charge in [-0.25, -0.2) is 9.59 Å². The third-order valence-electron chi connectivity index (χ3n) is 2.39. The predicted octanol–water partition coefficient (Wildman–Crippen LogP) is 1.22. The first-order valence-corrected chi connectivity index (χ1v) is 6.05. The molecule has 1 rings (SSSR count). The van der Waals surface area contributed by atoms with Gasteiger partial charge in [-0.15, -0.1) is 0 Å². The highest BCUT2D eigenvalue weighted by Gasteiger charge is 2.03. The number of ether oxygens (including phenoxy) is 1. The highest BCUT2D eigenvalue weighted by Crippen LogP contribution is 2.03. The van der Waals surface area contributed by atoms with Gasteiger partial charge in [-0.2, -0.15) is 0 Å². The lowest BCUT2D eigenvalue weighted by Gasteiger charge is -2.07. The van der Waals surface area contributed by atoms with E-state index in [9.17, 15) is 9.59 Å². The highest BCUT2D eigenvalue weighted by molar-refractivity contribution is 5.87. The second kappa shape index (κ2) is 8.10. The molecule has 6 heteroatoms. The Bertz CT molecular complexity index is 417. The lowest BCUT2D eigenvalue weighted by atomic mass is 10.1. The molecule has 0 aliphatic carbocycles. The molecule has 3 N–H and O–H groups in total. The summed E-state index contributed by atoms with van der Waals surface area (Å²) in [6.07, 6.45) is 0. The van der Waals surface area contributed by atoms with Crippen LogP contribution < -0.4 is 10.6 Å². The topological polar surface area (TPSA) is 87.7 Å². The van der Waals surface area contributed by atoms with E-state index < -0.39 is 5.97 Å². The Morgan fingerprint density at radius 1 is 1.21 bits per heavy atom. The van der Waals surface area contributed by atoms with Gasteiger partial charge in [0.1, 0.15) is 0 Å². The first kappa shape index (κ1) is 15.0. The van der Waals surface area contributed by atoms with Crippen molar-refractivity contribution in [1.82, 2.24) is 10.6 Å². The summed E-state index contributed by atoms with van der Waals surface area (Å²) in [5.41, 5.74) is 1.06. The molecule has 19 heavy (non-hydrogen) atoms. The van der Waals surface area contributed by atoms with Crippen LogP contribution in [-0.4, -0.2) is 36.9 Å². The van der Waals surface area contributed by atoms with Gasteiger partial charge in [0.2, 0.25) is 0 Å². The van der Waals surface area contributed by atoms with Gasteiger partial charge in [0, 0.05) is 19.7 Å². The van der Waals surface area contributed by atoms with Gasteiger partial charge in [0.05, 0.1) is 12.2 Å². The van der Waals surface area contributed by atoms with Gasteiger partial charge in [-0.05, 0) is 24.6 Å². The van der Waals surface area contributed by atoms with E-state index in [1.54, 1.807) is 12.1 Å². The van der Waals surface area contributed by atoms with Crippen LogP contribution in [0, 0.1) is 0 Å². The van der Waals surface area contributed by atoms with Crippen LogP contribution in [0.15, 0.2) is 24.3 Å². The summed E-state index contributed by atoms with van der Waals surface area (Å²) in [5, 5.41) is 14.1. The number of nitrogens with one attached hydrogen (secondary N) is 2. The fourth-order valence-electron chi connectivity index (χ4n) is 1.39. The molecule has 1 aromatic carbocycles. The maximum Gasteiger partial charge on any atom is 0.335 e. The van der Waals surface area contributed by atoms with E-state index in [0.717, 1.165) is 5.56 Å². The molecular weight excluding hydrogens is 248 g/mol. The normalized spacial score (nSPS) is 9.95. The average Bonchev–Trinajstić information content (AvgIpc) is 2.42. The molecule has 2 amide bonds. The SMILES string of the molecule is CCOCCNC(=O)NCc1ccc(C(=O)O)cc1. The number of hydrogen-bond donors (Lipinski definition) is 3. The van der Waals surface area contributed by atoms with E-state index in [4.69, 9.17) is 9.84 Å². The van der Waals surface area contributed by atoms with Crippen molar-refractivity contribution in [2.24, 2.45) is 0 Å². The third kappa shape index (κ3) is 5.87. The van der Waals surface area contributed by atoms with Crippen molar-refractivity contribution in [3.63, 3.8) is 0 Å². The van der Waals surface area contributed by atoms with Gasteiger partial charge in [0.15, 0.2) is 0 Å². The van der Waals surface area contributed by atoms with Crippen molar-refractivity contribution < 1.29 is 19.4 Å². The fraction of sp³-hybridized carbons (Fsp3) is 0.385. The van der Waals surface area contributed by atoms with Gasteiger partial charge in [-0.3, -0.25) is 0 Å². The molecule has 0 radical (unpaired) electrons. The molecule has 0 fully saturated rings. The molecule has 104 valence electrons. The lowest BCUT2D eigenvalue weighted by Crippen LogP contribution is -2.36. The van der Waals surface area contributed by atoms with E-state index in [1.165, 1.54) is 12.1 Å². The zero-order chi connectivity index (χ0) is 14.1. The molecule has 6 nitrogen and oxygen atoms in total. The van der Waals surface area contributed by atoms with Crippen molar-refractivity contribution in [3.05, 3.63) is 35.4 Å². The molecule has 0 spiro atoms. The molecule has 0 saturated carbocycles. The van der Waals surface area contributed by atoms with E-state index in [0.29, 0.717) is 26.3 Å². The number of rotatable bonds is 7. The number of hydrogen-bond acceptors (Lipinski definition) is 3.